The minimum atomic E-state index is 0.585. The summed E-state index contributed by atoms with van der Waals surface area (Å²) in [6.07, 6.45) is 1.93. The molecule has 0 N–H and O–H groups in total. The Balaban J connectivity index is 1.77. The van der Waals surface area contributed by atoms with Crippen LogP contribution in [0.2, 0.25) is 0 Å². The SMILES string of the molecule is Cc1cc(OCc2ccccc2)c(CCc2ccccc2)c(C)n1. The molecule has 0 amide bonds. The van der Waals surface area contributed by atoms with Crippen molar-refractivity contribution in [3.8, 4) is 5.75 Å². The number of rotatable bonds is 6. The lowest BCUT2D eigenvalue weighted by molar-refractivity contribution is 0.302. The Morgan fingerprint density at radius 2 is 1.42 bits per heavy atom. The molecule has 2 heteroatoms. The van der Waals surface area contributed by atoms with Gasteiger partial charge in [-0.15, -0.1) is 0 Å². The van der Waals surface area contributed by atoms with Crippen molar-refractivity contribution in [2.24, 2.45) is 0 Å². The van der Waals surface area contributed by atoms with Crippen molar-refractivity contribution in [1.82, 2.24) is 4.98 Å². The lowest BCUT2D eigenvalue weighted by Gasteiger charge is -2.15. The third-order valence-electron chi connectivity index (χ3n) is 4.16. The largest absolute Gasteiger partial charge is 0.488 e. The predicted molar refractivity (Wildman–Crippen MR) is 98.3 cm³/mol. The van der Waals surface area contributed by atoms with Crippen molar-refractivity contribution in [2.75, 3.05) is 0 Å². The molecule has 0 saturated carbocycles. The van der Waals surface area contributed by atoms with E-state index >= 15 is 0 Å². The molecule has 24 heavy (non-hydrogen) atoms. The number of aryl methyl sites for hydroxylation is 3. The summed E-state index contributed by atoms with van der Waals surface area (Å²) in [5, 5.41) is 0. The predicted octanol–water partition coefficient (Wildman–Crippen LogP) is 5.06. The summed E-state index contributed by atoms with van der Waals surface area (Å²) in [5.41, 5.74) is 5.79. The monoisotopic (exact) mass is 317 g/mol. The van der Waals surface area contributed by atoms with Gasteiger partial charge in [-0.25, -0.2) is 0 Å². The first-order valence-corrected chi connectivity index (χ1v) is 8.40. The van der Waals surface area contributed by atoms with E-state index in [1.165, 1.54) is 16.7 Å². The van der Waals surface area contributed by atoms with Crippen LogP contribution >= 0.6 is 0 Å². The van der Waals surface area contributed by atoms with Crippen LogP contribution in [0.4, 0.5) is 0 Å². The molecule has 3 aromatic rings. The van der Waals surface area contributed by atoms with Crippen LogP contribution in [0.3, 0.4) is 0 Å². The Labute approximate surface area is 144 Å². The number of pyridine rings is 1. The lowest BCUT2D eigenvalue weighted by atomic mass is 10.0. The molecule has 2 nitrogen and oxygen atoms in total. The average Bonchev–Trinajstić information content (AvgIpc) is 2.61. The smallest absolute Gasteiger partial charge is 0.126 e. The molecule has 1 heterocycles. The fourth-order valence-corrected chi connectivity index (χ4v) is 2.90. The van der Waals surface area contributed by atoms with Crippen LogP contribution in [0.25, 0.3) is 0 Å². The Kier molecular flexibility index (Phi) is 5.27. The Bertz CT molecular complexity index is 782. The third-order valence-corrected chi connectivity index (χ3v) is 4.16. The first-order valence-electron chi connectivity index (χ1n) is 8.40. The number of hydrogen-bond acceptors (Lipinski definition) is 2. The van der Waals surface area contributed by atoms with Gasteiger partial charge in [0.25, 0.3) is 0 Å². The summed E-state index contributed by atoms with van der Waals surface area (Å²) in [6, 6.07) is 22.9. The molecular weight excluding hydrogens is 294 g/mol. The van der Waals surface area contributed by atoms with Crippen molar-refractivity contribution in [3.63, 3.8) is 0 Å². The Morgan fingerprint density at radius 1 is 0.792 bits per heavy atom. The van der Waals surface area contributed by atoms with Crippen LogP contribution < -0.4 is 4.74 Å². The van der Waals surface area contributed by atoms with Crippen molar-refractivity contribution in [3.05, 3.63) is 94.8 Å². The van der Waals surface area contributed by atoms with E-state index in [9.17, 15) is 0 Å². The first kappa shape index (κ1) is 16.3. The second-order valence-electron chi connectivity index (χ2n) is 6.09. The van der Waals surface area contributed by atoms with Crippen LogP contribution in [0.5, 0.6) is 5.75 Å². The van der Waals surface area contributed by atoms with Gasteiger partial charge in [-0.2, -0.15) is 0 Å². The van der Waals surface area contributed by atoms with Gasteiger partial charge in [-0.3, -0.25) is 4.98 Å². The van der Waals surface area contributed by atoms with Crippen molar-refractivity contribution in [1.29, 1.82) is 0 Å². The minimum absolute atomic E-state index is 0.585. The van der Waals surface area contributed by atoms with Gasteiger partial charge in [0, 0.05) is 23.0 Å². The van der Waals surface area contributed by atoms with E-state index in [0.717, 1.165) is 30.0 Å². The van der Waals surface area contributed by atoms with Gasteiger partial charge in [0.15, 0.2) is 0 Å². The van der Waals surface area contributed by atoms with Gasteiger partial charge < -0.3 is 4.74 Å². The van der Waals surface area contributed by atoms with E-state index in [2.05, 4.69) is 60.4 Å². The molecule has 0 unspecified atom stereocenters. The molecular formula is C22H23NO. The van der Waals surface area contributed by atoms with Crippen LogP contribution in [-0.2, 0) is 19.4 Å². The van der Waals surface area contributed by atoms with Crippen LogP contribution in [-0.4, -0.2) is 4.98 Å². The van der Waals surface area contributed by atoms with Crippen LogP contribution in [0.15, 0.2) is 66.7 Å². The van der Waals surface area contributed by atoms with Crippen molar-refractivity contribution in [2.45, 2.75) is 33.3 Å². The fraction of sp³-hybridized carbons (Fsp3) is 0.227. The minimum Gasteiger partial charge on any atom is -0.488 e. The van der Waals surface area contributed by atoms with Gasteiger partial charge in [-0.1, -0.05) is 60.7 Å². The highest BCUT2D eigenvalue weighted by Crippen LogP contribution is 2.25. The maximum Gasteiger partial charge on any atom is 0.126 e. The van der Waals surface area contributed by atoms with Gasteiger partial charge in [0.05, 0.1) is 0 Å². The molecule has 0 aliphatic rings. The molecule has 122 valence electrons. The molecule has 0 atom stereocenters. The molecule has 0 aliphatic heterocycles. The second-order valence-corrected chi connectivity index (χ2v) is 6.09. The molecule has 0 saturated heterocycles. The summed E-state index contributed by atoms with van der Waals surface area (Å²) in [7, 11) is 0. The highest BCUT2D eigenvalue weighted by atomic mass is 16.5. The molecule has 3 rings (SSSR count). The summed E-state index contributed by atoms with van der Waals surface area (Å²) in [5.74, 6) is 0.958. The van der Waals surface area contributed by atoms with Crippen LogP contribution in [0.1, 0.15) is 28.1 Å². The topological polar surface area (TPSA) is 22.1 Å². The summed E-state index contributed by atoms with van der Waals surface area (Å²) in [6.45, 7) is 4.67. The molecule has 0 spiro atoms. The summed E-state index contributed by atoms with van der Waals surface area (Å²) < 4.78 is 6.13. The van der Waals surface area contributed by atoms with Crippen molar-refractivity contribution < 1.29 is 4.74 Å². The average molecular weight is 317 g/mol. The quantitative estimate of drug-likeness (QED) is 0.634. The van der Waals surface area contributed by atoms with Crippen molar-refractivity contribution >= 4 is 0 Å². The maximum atomic E-state index is 6.13. The number of ether oxygens (including phenoxy) is 1. The highest BCUT2D eigenvalue weighted by molar-refractivity contribution is 5.39. The van der Waals surface area contributed by atoms with E-state index in [-0.39, 0.29) is 0 Å². The Morgan fingerprint density at radius 3 is 2.08 bits per heavy atom. The molecule has 2 aromatic carbocycles. The third kappa shape index (κ3) is 4.23. The zero-order valence-electron chi connectivity index (χ0n) is 14.3. The van der Waals surface area contributed by atoms with E-state index in [1.54, 1.807) is 0 Å². The number of benzene rings is 2. The molecule has 0 aliphatic carbocycles. The van der Waals surface area contributed by atoms with Gasteiger partial charge in [-0.05, 0) is 37.8 Å². The normalized spacial score (nSPS) is 10.6. The number of hydrogen-bond donors (Lipinski definition) is 0. The van der Waals surface area contributed by atoms with Gasteiger partial charge in [0.1, 0.15) is 12.4 Å². The van der Waals surface area contributed by atoms with Crippen LogP contribution in [0, 0.1) is 13.8 Å². The molecule has 0 bridgehead atoms. The van der Waals surface area contributed by atoms with E-state index in [1.807, 2.05) is 25.1 Å². The fourth-order valence-electron chi connectivity index (χ4n) is 2.90. The zero-order chi connectivity index (χ0) is 16.8. The number of nitrogens with zero attached hydrogens (tertiary/aromatic N) is 1. The highest BCUT2D eigenvalue weighted by Gasteiger charge is 2.10. The molecule has 0 fully saturated rings. The van der Waals surface area contributed by atoms with Gasteiger partial charge >= 0.3 is 0 Å². The lowest BCUT2D eigenvalue weighted by Crippen LogP contribution is -2.04. The molecule has 0 radical (unpaired) electrons. The summed E-state index contributed by atoms with van der Waals surface area (Å²) in [4.78, 5) is 4.62. The van der Waals surface area contributed by atoms with Gasteiger partial charge in [0.2, 0.25) is 0 Å². The summed E-state index contributed by atoms with van der Waals surface area (Å²) >= 11 is 0. The second kappa shape index (κ2) is 7.78. The first-order chi connectivity index (χ1) is 11.7. The Hall–Kier alpha value is -2.61. The zero-order valence-corrected chi connectivity index (χ0v) is 14.3. The standard InChI is InChI=1S/C22H23NO/c1-17-15-22(24-16-20-11-7-4-8-12-20)21(18(2)23-17)14-13-19-9-5-3-6-10-19/h3-12,15H,13-14,16H2,1-2H3. The van der Waals surface area contributed by atoms with E-state index < -0.39 is 0 Å². The van der Waals surface area contributed by atoms with E-state index in [0.29, 0.717) is 6.61 Å². The van der Waals surface area contributed by atoms with E-state index in [4.69, 9.17) is 4.74 Å². The molecule has 1 aromatic heterocycles. The maximum absolute atomic E-state index is 6.13. The number of aromatic nitrogens is 1.